The number of halogens is 1. The molecule has 2 aromatic rings. The van der Waals surface area contributed by atoms with Gasteiger partial charge in [0.15, 0.2) is 0 Å². The molecule has 0 fully saturated rings. The molecule has 0 saturated carbocycles. The standard InChI is InChI=1S/C15H19BrN2S/c1-10-4-5-11(16)6-12(10)13-8-19-14(18-13)7-15(2,3)9-17/h4-6,8H,7,9,17H2,1-3H3. The first kappa shape index (κ1) is 14.7. The first-order valence-corrected chi connectivity index (χ1v) is 7.99. The van der Waals surface area contributed by atoms with E-state index in [2.05, 4.69) is 60.3 Å². The van der Waals surface area contributed by atoms with E-state index < -0.39 is 0 Å². The van der Waals surface area contributed by atoms with Gasteiger partial charge in [-0.05, 0) is 36.6 Å². The lowest BCUT2D eigenvalue weighted by Crippen LogP contribution is -2.25. The van der Waals surface area contributed by atoms with E-state index in [-0.39, 0.29) is 5.41 Å². The number of thiazole rings is 1. The lowest BCUT2D eigenvalue weighted by Gasteiger charge is -2.20. The highest BCUT2D eigenvalue weighted by atomic mass is 79.9. The first-order chi connectivity index (χ1) is 8.91. The molecule has 1 aromatic heterocycles. The largest absolute Gasteiger partial charge is 0.330 e. The van der Waals surface area contributed by atoms with Crippen molar-refractivity contribution in [2.24, 2.45) is 11.1 Å². The molecular weight excluding hydrogens is 320 g/mol. The van der Waals surface area contributed by atoms with Gasteiger partial charge in [0.1, 0.15) is 0 Å². The maximum Gasteiger partial charge on any atom is 0.0938 e. The molecule has 1 heterocycles. The van der Waals surface area contributed by atoms with Gasteiger partial charge in [0.05, 0.1) is 10.7 Å². The topological polar surface area (TPSA) is 38.9 Å². The average Bonchev–Trinajstić information content (AvgIpc) is 2.80. The molecule has 2 nitrogen and oxygen atoms in total. The molecule has 0 bridgehead atoms. The number of nitrogens with zero attached hydrogens (tertiary/aromatic N) is 1. The minimum atomic E-state index is 0.113. The number of benzene rings is 1. The molecule has 2 rings (SSSR count). The fourth-order valence-corrected chi connectivity index (χ4v) is 3.28. The highest BCUT2D eigenvalue weighted by molar-refractivity contribution is 9.10. The van der Waals surface area contributed by atoms with Gasteiger partial charge in [-0.15, -0.1) is 11.3 Å². The summed E-state index contributed by atoms with van der Waals surface area (Å²) in [6, 6.07) is 6.30. The number of hydrogen-bond donors (Lipinski definition) is 1. The summed E-state index contributed by atoms with van der Waals surface area (Å²) >= 11 is 5.24. The van der Waals surface area contributed by atoms with Gasteiger partial charge >= 0.3 is 0 Å². The van der Waals surface area contributed by atoms with Crippen LogP contribution in [0.15, 0.2) is 28.1 Å². The third-order valence-electron chi connectivity index (χ3n) is 3.21. The van der Waals surface area contributed by atoms with Crippen LogP contribution in [0.5, 0.6) is 0 Å². The van der Waals surface area contributed by atoms with Crippen LogP contribution in [0.25, 0.3) is 11.3 Å². The Bertz CT molecular complexity index is 575. The summed E-state index contributed by atoms with van der Waals surface area (Å²) in [5.41, 5.74) is 9.41. The Kier molecular flexibility index (Phi) is 4.43. The lowest BCUT2D eigenvalue weighted by atomic mass is 9.90. The van der Waals surface area contributed by atoms with E-state index in [0.717, 1.165) is 21.6 Å². The maximum atomic E-state index is 5.79. The van der Waals surface area contributed by atoms with Gasteiger partial charge in [-0.2, -0.15) is 0 Å². The van der Waals surface area contributed by atoms with Crippen molar-refractivity contribution in [2.45, 2.75) is 27.2 Å². The van der Waals surface area contributed by atoms with E-state index in [1.807, 2.05) is 0 Å². The summed E-state index contributed by atoms with van der Waals surface area (Å²) in [7, 11) is 0. The van der Waals surface area contributed by atoms with E-state index in [0.29, 0.717) is 6.54 Å². The Labute approximate surface area is 127 Å². The molecule has 2 N–H and O–H groups in total. The third-order valence-corrected chi connectivity index (χ3v) is 4.55. The van der Waals surface area contributed by atoms with Crippen molar-refractivity contribution < 1.29 is 0 Å². The number of aromatic nitrogens is 1. The molecule has 0 radical (unpaired) electrons. The Morgan fingerprint density at radius 3 is 2.79 bits per heavy atom. The van der Waals surface area contributed by atoms with Gasteiger partial charge in [-0.25, -0.2) is 4.98 Å². The molecule has 0 aliphatic heterocycles. The van der Waals surface area contributed by atoms with E-state index in [1.54, 1.807) is 11.3 Å². The second-order valence-electron chi connectivity index (χ2n) is 5.63. The lowest BCUT2D eigenvalue weighted by molar-refractivity contribution is 0.376. The van der Waals surface area contributed by atoms with Crippen LogP contribution in [0, 0.1) is 12.3 Å². The Morgan fingerprint density at radius 2 is 2.11 bits per heavy atom. The second-order valence-corrected chi connectivity index (χ2v) is 7.49. The van der Waals surface area contributed by atoms with Crippen LogP contribution in [0.1, 0.15) is 24.4 Å². The zero-order chi connectivity index (χ0) is 14.0. The summed E-state index contributed by atoms with van der Waals surface area (Å²) in [6.07, 6.45) is 0.932. The zero-order valence-corrected chi connectivity index (χ0v) is 13.9. The van der Waals surface area contributed by atoms with Crippen molar-refractivity contribution in [2.75, 3.05) is 6.54 Å². The highest BCUT2D eigenvalue weighted by Gasteiger charge is 2.19. The van der Waals surface area contributed by atoms with Gasteiger partial charge in [0.25, 0.3) is 0 Å². The summed E-state index contributed by atoms with van der Waals surface area (Å²) < 4.78 is 1.09. The number of hydrogen-bond acceptors (Lipinski definition) is 3. The van der Waals surface area contributed by atoms with Crippen molar-refractivity contribution in [1.82, 2.24) is 4.98 Å². The quantitative estimate of drug-likeness (QED) is 0.896. The second kappa shape index (κ2) is 5.73. The van der Waals surface area contributed by atoms with Gasteiger partial charge in [0.2, 0.25) is 0 Å². The van der Waals surface area contributed by atoms with Gasteiger partial charge < -0.3 is 5.73 Å². The number of rotatable bonds is 4. The highest BCUT2D eigenvalue weighted by Crippen LogP contribution is 2.30. The minimum absolute atomic E-state index is 0.113. The summed E-state index contributed by atoms with van der Waals surface area (Å²) in [4.78, 5) is 4.76. The summed E-state index contributed by atoms with van der Waals surface area (Å²) in [5, 5.41) is 3.29. The van der Waals surface area contributed by atoms with Crippen molar-refractivity contribution in [3.8, 4) is 11.3 Å². The molecule has 0 aliphatic carbocycles. The maximum absolute atomic E-state index is 5.79. The average molecular weight is 339 g/mol. The summed E-state index contributed by atoms with van der Waals surface area (Å²) in [6.45, 7) is 7.15. The fraction of sp³-hybridized carbons (Fsp3) is 0.400. The van der Waals surface area contributed by atoms with Crippen molar-refractivity contribution in [3.63, 3.8) is 0 Å². The SMILES string of the molecule is Cc1ccc(Br)cc1-c1csc(CC(C)(C)CN)n1. The van der Waals surface area contributed by atoms with Gasteiger partial charge in [-0.3, -0.25) is 0 Å². The molecule has 19 heavy (non-hydrogen) atoms. The van der Waals surface area contributed by atoms with Crippen molar-refractivity contribution in [1.29, 1.82) is 0 Å². The van der Waals surface area contributed by atoms with E-state index in [9.17, 15) is 0 Å². The predicted molar refractivity (Wildman–Crippen MR) is 86.5 cm³/mol. The normalized spacial score (nSPS) is 11.8. The van der Waals surface area contributed by atoms with Crippen molar-refractivity contribution in [3.05, 3.63) is 38.6 Å². The smallest absolute Gasteiger partial charge is 0.0938 e. The van der Waals surface area contributed by atoms with Crippen LogP contribution in [0.4, 0.5) is 0 Å². The van der Waals surface area contributed by atoms with Crippen LogP contribution >= 0.6 is 27.3 Å². The minimum Gasteiger partial charge on any atom is -0.330 e. The van der Waals surface area contributed by atoms with Crippen LogP contribution in [-0.2, 0) is 6.42 Å². The molecule has 0 aliphatic rings. The van der Waals surface area contributed by atoms with E-state index in [1.165, 1.54) is 11.1 Å². The monoisotopic (exact) mass is 338 g/mol. The fourth-order valence-electron chi connectivity index (χ4n) is 1.87. The molecular formula is C15H19BrN2S. The Hall–Kier alpha value is -0.710. The molecule has 102 valence electrons. The van der Waals surface area contributed by atoms with Crippen LogP contribution in [0.2, 0.25) is 0 Å². The molecule has 0 saturated heterocycles. The van der Waals surface area contributed by atoms with Crippen LogP contribution in [-0.4, -0.2) is 11.5 Å². The van der Waals surface area contributed by atoms with Crippen LogP contribution in [0.3, 0.4) is 0 Å². The predicted octanol–water partition coefficient (Wildman–Crippen LogP) is 4.41. The molecule has 0 amide bonds. The van der Waals surface area contributed by atoms with E-state index >= 15 is 0 Å². The van der Waals surface area contributed by atoms with E-state index in [4.69, 9.17) is 10.7 Å². The number of nitrogens with two attached hydrogens (primary N) is 1. The van der Waals surface area contributed by atoms with Gasteiger partial charge in [0, 0.05) is 21.8 Å². The number of aryl methyl sites for hydroxylation is 1. The van der Waals surface area contributed by atoms with Crippen molar-refractivity contribution >= 4 is 27.3 Å². The molecule has 4 heteroatoms. The van der Waals surface area contributed by atoms with Gasteiger partial charge in [-0.1, -0.05) is 35.8 Å². The first-order valence-electron chi connectivity index (χ1n) is 6.32. The third kappa shape index (κ3) is 3.65. The zero-order valence-electron chi connectivity index (χ0n) is 11.5. The Balaban J connectivity index is 2.28. The summed E-state index contributed by atoms with van der Waals surface area (Å²) in [5.74, 6) is 0. The Morgan fingerprint density at radius 1 is 1.37 bits per heavy atom. The molecule has 0 unspecified atom stereocenters. The molecule has 1 aromatic carbocycles. The molecule has 0 atom stereocenters. The molecule has 0 spiro atoms. The van der Waals surface area contributed by atoms with Crippen LogP contribution < -0.4 is 5.73 Å².